The summed E-state index contributed by atoms with van der Waals surface area (Å²) in [6.07, 6.45) is 2.96. The molecule has 5 heteroatoms. The fraction of sp³-hybridized carbons (Fsp3) is 0.267. The second kappa shape index (κ2) is 7.74. The number of nitrogens with zero attached hydrogens (tertiary/aromatic N) is 2. The fourth-order valence-corrected chi connectivity index (χ4v) is 1.48. The maximum atomic E-state index is 11.8. The van der Waals surface area contributed by atoms with Gasteiger partial charge >= 0.3 is 5.97 Å². The zero-order valence-corrected chi connectivity index (χ0v) is 11.5. The number of esters is 1. The highest BCUT2D eigenvalue weighted by Crippen LogP contribution is 2.06. The van der Waals surface area contributed by atoms with Gasteiger partial charge in [-0.2, -0.15) is 5.26 Å². The van der Waals surface area contributed by atoms with Gasteiger partial charge in [0.05, 0.1) is 18.2 Å². The Morgan fingerprint density at radius 1 is 1.45 bits per heavy atom. The Labute approximate surface area is 118 Å². The van der Waals surface area contributed by atoms with Crippen LogP contribution in [0.25, 0.3) is 6.08 Å². The molecule has 0 aromatic heterocycles. The summed E-state index contributed by atoms with van der Waals surface area (Å²) in [4.78, 5) is 24.3. The number of likely N-dealkylation sites (N-methyl/N-ethyl adjacent to an activating group) is 1. The quantitative estimate of drug-likeness (QED) is 0.603. The van der Waals surface area contributed by atoms with Gasteiger partial charge in [0.2, 0.25) is 5.91 Å². The lowest BCUT2D eigenvalue weighted by molar-refractivity contribution is -0.146. The van der Waals surface area contributed by atoms with Gasteiger partial charge < -0.3 is 9.64 Å². The van der Waals surface area contributed by atoms with Crippen molar-refractivity contribution in [1.82, 2.24) is 4.90 Å². The van der Waals surface area contributed by atoms with Crippen molar-refractivity contribution in [2.75, 3.05) is 20.2 Å². The van der Waals surface area contributed by atoms with Crippen LogP contribution in [0.3, 0.4) is 0 Å². The van der Waals surface area contributed by atoms with Crippen LogP contribution < -0.4 is 0 Å². The Hall–Kier alpha value is -2.61. The van der Waals surface area contributed by atoms with Crippen molar-refractivity contribution < 1.29 is 14.3 Å². The van der Waals surface area contributed by atoms with Gasteiger partial charge in [-0.1, -0.05) is 12.1 Å². The van der Waals surface area contributed by atoms with Crippen LogP contribution in [0, 0.1) is 11.3 Å². The average molecular weight is 272 g/mol. The first-order valence-electron chi connectivity index (χ1n) is 6.15. The second-order valence-corrected chi connectivity index (χ2v) is 4.07. The monoisotopic (exact) mass is 272 g/mol. The molecule has 5 nitrogen and oxygen atoms in total. The van der Waals surface area contributed by atoms with E-state index in [9.17, 15) is 9.59 Å². The normalized spacial score (nSPS) is 10.1. The molecule has 0 radical (unpaired) electrons. The maximum Gasteiger partial charge on any atom is 0.325 e. The molecule has 20 heavy (non-hydrogen) atoms. The third-order valence-electron chi connectivity index (χ3n) is 2.48. The highest BCUT2D eigenvalue weighted by atomic mass is 16.5. The molecule has 0 aliphatic heterocycles. The topological polar surface area (TPSA) is 70.4 Å². The van der Waals surface area contributed by atoms with E-state index in [1.54, 1.807) is 37.3 Å². The summed E-state index contributed by atoms with van der Waals surface area (Å²) < 4.78 is 4.76. The summed E-state index contributed by atoms with van der Waals surface area (Å²) in [5, 5.41) is 8.78. The van der Waals surface area contributed by atoms with Crippen LogP contribution in [-0.4, -0.2) is 37.0 Å². The third kappa shape index (κ3) is 4.94. The number of nitriles is 1. The van der Waals surface area contributed by atoms with Gasteiger partial charge in [0.25, 0.3) is 0 Å². The number of carbonyl (C=O) groups is 2. The molecular formula is C15H16N2O3. The first-order valence-corrected chi connectivity index (χ1v) is 6.15. The van der Waals surface area contributed by atoms with E-state index in [-0.39, 0.29) is 19.1 Å². The molecule has 0 unspecified atom stereocenters. The van der Waals surface area contributed by atoms with Crippen molar-refractivity contribution in [3.8, 4) is 6.07 Å². The minimum Gasteiger partial charge on any atom is -0.465 e. The summed E-state index contributed by atoms with van der Waals surface area (Å²) in [6.45, 7) is 1.91. The molecule has 0 heterocycles. The number of carbonyl (C=O) groups excluding carboxylic acids is 2. The van der Waals surface area contributed by atoms with Crippen molar-refractivity contribution >= 4 is 18.0 Å². The zero-order chi connectivity index (χ0) is 15.0. The summed E-state index contributed by atoms with van der Waals surface area (Å²) in [7, 11) is 1.52. The molecule has 1 rings (SSSR count). The van der Waals surface area contributed by atoms with Crippen LogP contribution in [0.1, 0.15) is 18.1 Å². The minimum absolute atomic E-state index is 0.0880. The van der Waals surface area contributed by atoms with E-state index in [1.165, 1.54) is 18.0 Å². The van der Waals surface area contributed by atoms with Gasteiger partial charge in [0.1, 0.15) is 6.54 Å². The summed E-state index contributed by atoms with van der Waals surface area (Å²) >= 11 is 0. The van der Waals surface area contributed by atoms with Gasteiger partial charge in [0.15, 0.2) is 0 Å². The van der Waals surface area contributed by atoms with Crippen LogP contribution in [-0.2, 0) is 14.3 Å². The largest absolute Gasteiger partial charge is 0.465 e. The Bertz CT molecular complexity index is 558. The SMILES string of the molecule is CCOC(=O)CN(C)C(=O)C=Cc1cccc(C#N)c1. The first-order chi connectivity index (χ1) is 9.56. The van der Waals surface area contributed by atoms with E-state index in [4.69, 9.17) is 10.00 Å². The highest BCUT2D eigenvalue weighted by molar-refractivity contribution is 5.93. The highest BCUT2D eigenvalue weighted by Gasteiger charge is 2.10. The Morgan fingerprint density at radius 2 is 2.20 bits per heavy atom. The average Bonchev–Trinajstić information content (AvgIpc) is 2.45. The van der Waals surface area contributed by atoms with Gasteiger partial charge in [0, 0.05) is 13.1 Å². The van der Waals surface area contributed by atoms with Gasteiger partial charge in [-0.05, 0) is 30.7 Å². The lowest BCUT2D eigenvalue weighted by Gasteiger charge is -2.13. The first kappa shape index (κ1) is 15.4. The minimum atomic E-state index is -0.441. The molecule has 0 bridgehead atoms. The Morgan fingerprint density at radius 3 is 2.85 bits per heavy atom. The molecule has 104 valence electrons. The van der Waals surface area contributed by atoms with E-state index in [0.29, 0.717) is 5.56 Å². The van der Waals surface area contributed by atoms with Crippen molar-refractivity contribution in [2.24, 2.45) is 0 Å². The summed E-state index contributed by atoms with van der Waals surface area (Å²) in [5.74, 6) is -0.747. The molecule has 0 N–H and O–H groups in total. The smallest absolute Gasteiger partial charge is 0.325 e. The van der Waals surface area contributed by atoms with E-state index in [0.717, 1.165) is 5.56 Å². The molecule has 1 aromatic rings. The predicted octanol–water partition coefficient (Wildman–Crippen LogP) is 1.59. The number of ether oxygens (including phenoxy) is 1. The van der Waals surface area contributed by atoms with Crippen LogP contribution in [0.4, 0.5) is 0 Å². The zero-order valence-electron chi connectivity index (χ0n) is 11.5. The molecule has 0 saturated heterocycles. The molecular weight excluding hydrogens is 256 g/mol. The lowest BCUT2D eigenvalue weighted by Crippen LogP contribution is -2.31. The summed E-state index contributed by atoms with van der Waals surface area (Å²) in [6, 6.07) is 8.92. The second-order valence-electron chi connectivity index (χ2n) is 4.07. The summed E-state index contributed by atoms with van der Waals surface area (Å²) in [5.41, 5.74) is 1.28. The molecule has 0 fully saturated rings. The molecule has 0 spiro atoms. The Kier molecular flexibility index (Phi) is 5.98. The van der Waals surface area contributed by atoms with Gasteiger partial charge in [-0.3, -0.25) is 9.59 Å². The number of hydrogen-bond acceptors (Lipinski definition) is 4. The van der Waals surface area contributed by atoms with Crippen LogP contribution in [0.2, 0.25) is 0 Å². The van der Waals surface area contributed by atoms with E-state index < -0.39 is 5.97 Å². The van der Waals surface area contributed by atoms with E-state index >= 15 is 0 Å². The maximum absolute atomic E-state index is 11.8. The molecule has 0 aliphatic carbocycles. The number of hydrogen-bond donors (Lipinski definition) is 0. The third-order valence-corrected chi connectivity index (χ3v) is 2.48. The van der Waals surface area contributed by atoms with Crippen molar-refractivity contribution in [3.63, 3.8) is 0 Å². The number of rotatable bonds is 5. The van der Waals surface area contributed by atoms with Crippen LogP contribution >= 0.6 is 0 Å². The number of benzene rings is 1. The molecule has 0 atom stereocenters. The van der Waals surface area contributed by atoms with Crippen LogP contribution in [0.5, 0.6) is 0 Å². The lowest BCUT2D eigenvalue weighted by atomic mass is 10.1. The van der Waals surface area contributed by atoms with E-state index in [1.807, 2.05) is 6.07 Å². The Balaban J connectivity index is 2.62. The molecule has 1 aromatic carbocycles. The van der Waals surface area contributed by atoms with Crippen LogP contribution in [0.15, 0.2) is 30.3 Å². The standard InChI is InChI=1S/C15H16N2O3/c1-3-20-15(19)11-17(2)14(18)8-7-12-5-4-6-13(9-12)10-16/h4-9H,3,11H2,1-2H3. The van der Waals surface area contributed by atoms with Crippen molar-refractivity contribution in [3.05, 3.63) is 41.5 Å². The molecule has 0 aliphatic rings. The van der Waals surface area contributed by atoms with E-state index in [2.05, 4.69) is 0 Å². The van der Waals surface area contributed by atoms with Gasteiger partial charge in [-0.25, -0.2) is 0 Å². The van der Waals surface area contributed by atoms with Crippen molar-refractivity contribution in [1.29, 1.82) is 5.26 Å². The molecule has 1 amide bonds. The number of amides is 1. The fourth-order valence-electron chi connectivity index (χ4n) is 1.48. The predicted molar refractivity (Wildman–Crippen MR) is 74.5 cm³/mol. The van der Waals surface area contributed by atoms with Gasteiger partial charge in [-0.15, -0.1) is 0 Å². The van der Waals surface area contributed by atoms with Crippen molar-refractivity contribution in [2.45, 2.75) is 6.92 Å². The molecule has 0 saturated carbocycles.